The van der Waals surface area contributed by atoms with Gasteiger partial charge < -0.3 is 9.30 Å². The molecule has 34 heavy (non-hydrogen) atoms. The molecule has 0 atom stereocenters. The molecular weight excluding hydrogens is 491 g/mol. The highest BCUT2D eigenvalue weighted by atomic mass is 35.5. The van der Waals surface area contributed by atoms with Crippen LogP contribution in [-0.4, -0.2) is 27.2 Å². The lowest BCUT2D eigenvalue weighted by molar-refractivity contribution is -0.122. The number of hydrogen-bond donors (Lipinski definition) is 0. The fourth-order valence-electron chi connectivity index (χ4n) is 3.88. The largest absolute Gasteiger partial charge is 0.489 e. The van der Waals surface area contributed by atoms with Crippen molar-refractivity contribution in [3.8, 4) is 11.4 Å². The first-order valence-electron chi connectivity index (χ1n) is 10.9. The van der Waals surface area contributed by atoms with Crippen molar-refractivity contribution in [3.63, 3.8) is 0 Å². The summed E-state index contributed by atoms with van der Waals surface area (Å²) in [4.78, 5) is 26.5. The second-order valence-corrected chi connectivity index (χ2v) is 9.85. The second kappa shape index (κ2) is 10.3. The first-order valence-corrected chi connectivity index (χ1v) is 12.5. The Morgan fingerprint density at radius 2 is 1.76 bits per heavy atom. The molecule has 0 bridgehead atoms. The lowest BCUT2D eigenvalue weighted by Crippen LogP contribution is -2.28. The van der Waals surface area contributed by atoms with Gasteiger partial charge in [-0.1, -0.05) is 36.2 Å². The summed E-state index contributed by atoms with van der Waals surface area (Å²) in [5, 5.41) is 0.955. The molecule has 5 nitrogen and oxygen atoms in total. The summed E-state index contributed by atoms with van der Waals surface area (Å²) in [6.45, 7) is 6.75. The molecule has 2 heterocycles. The van der Waals surface area contributed by atoms with Gasteiger partial charge in [0, 0.05) is 39.2 Å². The van der Waals surface area contributed by atoms with Crippen LogP contribution in [0.25, 0.3) is 11.8 Å². The van der Waals surface area contributed by atoms with Crippen LogP contribution in [0.1, 0.15) is 35.9 Å². The number of aryl methyl sites for hydroxylation is 1. The van der Waals surface area contributed by atoms with E-state index in [4.69, 9.17) is 27.9 Å². The average molecular weight is 515 g/mol. The summed E-state index contributed by atoms with van der Waals surface area (Å²) in [6.07, 6.45) is 2.55. The number of amides is 2. The Labute approximate surface area is 213 Å². The topological polar surface area (TPSA) is 51.5 Å². The lowest BCUT2D eigenvalue weighted by Gasteiger charge is -2.12. The number of rotatable bonds is 7. The Hall–Kier alpha value is -2.67. The van der Waals surface area contributed by atoms with Crippen molar-refractivity contribution in [1.29, 1.82) is 0 Å². The molecule has 0 saturated carbocycles. The summed E-state index contributed by atoms with van der Waals surface area (Å²) in [5.41, 5.74) is 4.77. The number of thioether (sulfide) groups is 1. The van der Waals surface area contributed by atoms with Crippen molar-refractivity contribution in [1.82, 2.24) is 9.47 Å². The van der Waals surface area contributed by atoms with Gasteiger partial charge in [-0.25, -0.2) is 0 Å². The molecule has 0 aliphatic carbocycles. The van der Waals surface area contributed by atoms with Crippen LogP contribution < -0.4 is 4.74 Å². The van der Waals surface area contributed by atoms with E-state index in [1.165, 1.54) is 4.90 Å². The molecule has 1 aliphatic heterocycles. The van der Waals surface area contributed by atoms with Crippen molar-refractivity contribution in [3.05, 3.63) is 86.0 Å². The lowest BCUT2D eigenvalue weighted by atomic mass is 10.2. The van der Waals surface area contributed by atoms with Crippen molar-refractivity contribution in [2.24, 2.45) is 0 Å². The van der Waals surface area contributed by atoms with Gasteiger partial charge in [-0.05, 0) is 86.1 Å². The average Bonchev–Trinajstić information content (AvgIpc) is 3.23. The molecule has 0 unspecified atom stereocenters. The van der Waals surface area contributed by atoms with E-state index in [0.29, 0.717) is 28.1 Å². The van der Waals surface area contributed by atoms with Crippen LogP contribution >= 0.6 is 35.0 Å². The molecule has 2 amide bonds. The van der Waals surface area contributed by atoms with E-state index in [0.717, 1.165) is 52.1 Å². The summed E-state index contributed by atoms with van der Waals surface area (Å²) >= 11 is 13.2. The predicted molar refractivity (Wildman–Crippen MR) is 139 cm³/mol. The highest BCUT2D eigenvalue weighted by Gasteiger charge is 2.34. The van der Waals surface area contributed by atoms with E-state index >= 15 is 0 Å². The van der Waals surface area contributed by atoms with Crippen molar-refractivity contribution >= 4 is 52.2 Å². The SMILES string of the molecule is CCCN1C(=O)S/C(=C/c2cc(C)n(-c3ccc(OCc4ccc(Cl)cc4Cl)cc3)c2C)C1=O. The number of carbonyl (C=O) groups excluding carboxylic acids is 2. The molecule has 1 aromatic heterocycles. The van der Waals surface area contributed by atoms with Gasteiger partial charge in [-0.15, -0.1) is 0 Å². The molecule has 8 heteroatoms. The molecule has 1 aliphatic rings. The Morgan fingerprint density at radius 1 is 1.03 bits per heavy atom. The molecule has 2 aromatic carbocycles. The number of hydrogen-bond acceptors (Lipinski definition) is 4. The number of imide groups is 1. The number of nitrogens with zero attached hydrogens (tertiary/aromatic N) is 2. The maximum atomic E-state index is 12.6. The Balaban J connectivity index is 1.52. The van der Waals surface area contributed by atoms with Crippen LogP contribution in [0, 0.1) is 13.8 Å². The zero-order chi connectivity index (χ0) is 24.4. The standard InChI is InChI=1S/C26H24Cl2N2O3S/c1-4-11-29-25(31)24(34-26(29)32)13-19-12-16(2)30(17(19)3)21-7-9-22(10-8-21)33-15-18-5-6-20(27)14-23(18)28/h5-10,12-14H,4,11,15H2,1-3H3/b24-13+. The quantitative estimate of drug-likeness (QED) is 0.307. The minimum atomic E-state index is -0.219. The third-order valence-corrected chi connectivity index (χ3v) is 7.08. The molecule has 176 valence electrons. The summed E-state index contributed by atoms with van der Waals surface area (Å²) in [7, 11) is 0. The molecule has 4 rings (SSSR count). The molecular formula is C26H24Cl2N2O3S. The maximum Gasteiger partial charge on any atom is 0.293 e. The van der Waals surface area contributed by atoms with Crippen LogP contribution in [0.15, 0.2) is 53.4 Å². The van der Waals surface area contributed by atoms with E-state index in [9.17, 15) is 9.59 Å². The van der Waals surface area contributed by atoms with Crippen LogP contribution in [-0.2, 0) is 11.4 Å². The van der Waals surface area contributed by atoms with Gasteiger partial charge in [0.1, 0.15) is 12.4 Å². The van der Waals surface area contributed by atoms with Gasteiger partial charge in [0.2, 0.25) is 0 Å². The molecule has 1 fully saturated rings. The number of aromatic nitrogens is 1. The van der Waals surface area contributed by atoms with Gasteiger partial charge in [0.05, 0.1) is 4.91 Å². The first-order chi connectivity index (χ1) is 16.3. The third kappa shape index (κ3) is 5.04. The van der Waals surface area contributed by atoms with Crippen LogP contribution in [0.3, 0.4) is 0 Å². The summed E-state index contributed by atoms with van der Waals surface area (Å²) in [5.74, 6) is 0.506. The maximum absolute atomic E-state index is 12.6. The van der Waals surface area contributed by atoms with Gasteiger partial charge in [-0.3, -0.25) is 14.5 Å². The third-order valence-electron chi connectivity index (χ3n) is 5.58. The smallest absolute Gasteiger partial charge is 0.293 e. The van der Waals surface area contributed by atoms with Gasteiger partial charge >= 0.3 is 0 Å². The first kappa shape index (κ1) is 24.5. The Bertz CT molecular complexity index is 1280. The van der Waals surface area contributed by atoms with Gasteiger partial charge in [-0.2, -0.15) is 0 Å². The second-order valence-electron chi connectivity index (χ2n) is 8.01. The fraction of sp³-hybridized carbons (Fsp3) is 0.231. The molecule has 3 aromatic rings. The fourth-order valence-corrected chi connectivity index (χ4v) is 5.20. The van der Waals surface area contributed by atoms with E-state index in [1.54, 1.807) is 12.1 Å². The zero-order valence-electron chi connectivity index (χ0n) is 19.1. The van der Waals surface area contributed by atoms with E-state index in [1.807, 2.05) is 63.2 Å². The van der Waals surface area contributed by atoms with Crippen molar-refractivity contribution < 1.29 is 14.3 Å². The zero-order valence-corrected chi connectivity index (χ0v) is 21.4. The molecule has 0 spiro atoms. The highest BCUT2D eigenvalue weighted by molar-refractivity contribution is 8.18. The van der Waals surface area contributed by atoms with E-state index in [2.05, 4.69) is 4.57 Å². The number of ether oxygens (including phenoxy) is 1. The van der Waals surface area contributed by atoms with E-state index in [-0.39, 0.29) is 11.1 Å². The predicted octanol–water partition coefficient (Wildman–Crippen LogP) is 7.43. The minimum Gasteiger partial charge on any atom is -0.489 e. The summed E-state index contributed by atoms with van der Waals surface area (Å²) < 4.78 is 8.00. The van der Waals surface area contributed by atoms with Crippen molar-refractivity contribution in [2.45, 2.75) is 33.8 Å². The Kier molecular flexibility index (Phi) is 7.41. The van der Waals surface area contributed by atoms with Crippen molar-refractivity contribution in [2.75, 3.05) is 6.54 Å². The van der Waals surface area contributed by atoms with Gasteiger partial charge in [0.25, 0.3) is 11.1 Å². The van der Waals surface area contributed by atoms with Crippen LogP contribution in [0.4, 0.5) is 4.79 Å². The van der Waals surface area contributed by atoms with Gasteiger partial charge in [0.15, 0.2) is 0 Å². The minimum absolute atomic E-state index is 0.206. The Morgan fingerprint density at radius 3 is 2.44 bits per heavy atom. The monoisotopic (exact) mass is 514 g/mol. The normalized spacial score (nSPS) is 15.0. The number of benzene rings is 2. The number of halogens is 2. The van der Waals surface area contributed by atoms with Crippen LogP contribution in [0.5, 0.6) is 5.75 Å². The number of carbonyl (C=O) groups is 2. The van der Waals surface area contributed by atoms with Crippen LogP contribution in [0.2, 0.25) is 10.0 Å². The molecule has 0 radical (unpaired) electrons. The van der Waals surface area contributed by atoms with E-state index < -0.39 is 0 Å². The highest BCUT2D eigenvalue weighted by Crippen LogP contribution is 2.34. The molecule has 1 saturated heterocycles. The molecule has 0 N–H and O–H groups in total. The summed E-state index contributed by atoms with van der Waals surface area (Å²) in [6, 6.07) is 15.1.